The Morgan fingerprint density at radius 1 is 1.16 bits per heavy atom. The van der Waals surface area contributed by atoms with E-state index < -0.39 is 11.5 Å². The van der Waals surface area contributed by atoms with Crippen LogP contribution in [0.1, 0.15) is 60.3 Å². The second kappa shape index (κ2) is 8.54. The molecule has 0 spiro atoms. The van der Waals surface area contributed by atoms with Gasteiger partial charge in [-0.05, 0) is 37.6 Å². The molecule has 0 aliphatic carbocycles. The SMILES string of the molecule is CCNC(CC)(CCCOCCC(C)(C)C)C(=O)O. The van der Waals surface area contributed by atoms with Crippen molar-refractivity contribution in [1.29, 1.82) is 0 Å². The number of carboxylic acids is 1. The Morgan fingerprint density at radius 2 is 1.79 bits per heavy atom. The lowest BCUT2D eigenvalue weighted by Crippen LogP contribution is -2.51. The van der Waals surface area contributed by atoms with E-state index >= 15 is 0 Å². The second-order valence-electron chi connectivity index (χ2n) is 6.30. The highest BCUT2D eigenvalue weighted by atomic mass is 16.5. The topological polar surface area (TPSA) is 58.6 Å². The van der Waals surface area contributed by atoms with Gasteiger partial charge in [-0.15, -0.1) is 0 Å². The van der Waals surface area contributed by atoms with Gasteiger partial charge in [-0.25, -0.2) is 0 Å². The van der Waals surface area contributed by atoms with Crippen LogP contribution in [0.2, 0.25) is 0 Å². The summed E-state index contributed by atoms with van der Waals surface area (Å²) in [5.41, 5.74) is -0.500. The molecular formula is C15H31NO3. The van der Waals surface area contributed by atoms with Gasteiger partial charge in [0, 0.05) is 13.2 Å². The summed E-state index contributed by atoms with van der Waals surface area (Å²) in [5.74, 6) is -0.758. The summed E-state index contributed by atoms with van der Waals surface area (Å²) in [7, 11) is 0. The summed E-state index contributed by atoms with van der Waals surface area (Å²) in [6, 6.07) is 0. The molecule has 0 aliphatic rings. The molecule has 0 amide bonds. The Balaban J connectivity index is 3.98. The minimum Gasteiger partial charge on any atom is -0.480 e. The molecule has 0 fully saturated rings. The fourth-order valence-corrected chi connectivity index (χ4v) is 2.02. The van der Waals surface area contributed by atoms with E-state index in [1.807, 2.05) is 13.8 Å². The summed E-state index contributed by atoms with van der Waals surface area (Å²) < 4.78 is 5.59. The number of carbonyl (C=O) groups is 1. The van der Waals surface area contributed by atoms with E-state index in [1.165, 1.54) is 0 Å². The molecule has 0 aromatic heterocycles. The Labute approximate surface area is 117 Å². The van der Waals surface area contributed by atoms with Crippen LogP contribution in [0.5, 0.6) is 0 Å². The van der Waals surface area contributed by atoms with Crippen molar-refractivity contribution in [2.45, 2.75) is 65.8 Å². The van der Waals surface area contributed by atoms with E-state index in [-0.39, 0.29) is 5.41 Å². The maximum atomic E-state index is 11.4. The number of aliphatic carboxylic acids is 1. The maximum absolute atomic E-state index is 11.4. The van der Waals surface area contributed by atoms with Crippen molar-refractivity contribution in [3.63, 3.8) is 0 Å². The van der Waals surface area contributed by atoms with Crippen molar-refractivity contribution < 1.29 is 14.6 Å². The van der Waals surface area contributed by atoms with Gasteiger partial charge in [-0.3, -0.25) is 4.79 Å². The predicted molar refractivity (Wildman–Crippen MR) is 78.5 cm³/mol. The molecule has 0 bridgehead atoms. The highest BCUT2D eigenvalue weighted by Crippen LogP contribution is 2.20. The summed E-state index contributed by atoms with van der Waals surface area (Å²) in [5, 5.41) is 12.5. The van der Waals surface area contributed by atoms with Crippen LogP contribution in [0.4, 0.5) is 0 Å². The molecule has 19 heavy (non-hydrogen) atoms. The minimum atomic E-state index is -0.790. The van der Waals surface area contributed by atoms with Gasteiger partial charge in [0.25, 0.3) is 0 Å². The smallest absolute Gasteiger partial charge is 0.323 e. The Kier molecular flexibility index (Phi) is 8.26. The average Bonchev–Trinajstić information content (AvgIpc) is 2.30. The first kappa shape index (κ1) is 18.4. The molecule has 0 saturated carbocycles. The molecule has 0 aliphatic heterocycles. The zero-order valence-corrected chi connectivity index (χ0v) is 13.2. The molecule has 1 unspecified atom stereocenters. The van der Waals surface area contributed by atoms with Crippen LogP contribution in [-0.2, 0) is 9.53 Å². The summed E-state index contributed by atoms with van der Waals surface area (Å²) >= 11 is 0. The number of likely N-dealkylation sites (N-methyl/N-ethyl adjacent to an activating group) is 1. The molecule has 0 heterocycles. The lowest BCUT2D eigenvalue weighted by molar-refractivity contribution is -0.145. The summed E-state index contributed by atoms with van der Waals surface area (Å²) in [4.78, 5) is 11.4. The number of hydrogen-bond donors (Lipinski definition) is 2. The van der Waals surface area contributed by atoms with Crippen molar-refractivity contribution in [2.24, 2.45) is 5.41 Å². The zero-order chi connectivity index (χ0) is 14.9. The fraction of sp³-hybridized carbons (Fsp3) is 0.933. The van der Waals surface area contributed by atoms with Crippen LogP contribution in [-0.4, -0.2) is 36.4 Å². The maximum Gasteiger partial charge on any atom is 0.323 e. The van der Waals surface area contributed by atoms with Gasteiger partial charge in [0.1, 0.15) is 5.54 Å². The normalized spacial score (nSPS) is 15.2. The average molecular weight is 273 g/mol. The number of hydrogen-bond acceptors (Lipinski definition) is 3. The van der Waals surface area contributed by atoms with Crippen LogP contribution in [0, 0.1) is 5.41 Å². The molecule has 0 saturated heterocycles. The van der Waals surface area contributed by atoms with Crippen molar-refractivity contribution in [3.8, 4) is 0 Å². The highest BCUT2D eigenvalue weighted by Gasteiger charge is 2.34. The largest absolute Gasteiger partial charge is 0.480 e. The van der Waals surface area contributed by atoms with Crippen molar-refractivity contribution in [2.75, 3.05) is 19.8 Å². The van der Waals surface area contributed by atoms with Crippen LogP contribution in [0.3, 0.4) is 0 Å². The van der Waals surface area contributed by atoms with Crippen LogP contribution >= 0.6 is 0 Å². The van der Waals surface area contributed by atoms with E-state index in [2.05, 4.69) is 26.1 Å². The molecule has 0 rings (SSSR count). The van der Waals surface area contributed by atoms with Crippen LogP contribution in [0.25, 0.3) is 0 Å². The number of nitrogens with one attached hydrogen (secondary N) is 1. The number of ether oxygens (including phenoxy) is 1. The van der Waals surface area contributed by atoms with E-state index in [9.17, 15) is 9.90 Å². The molecule has 4 heteroatoms. The van der Waals surface area contributed by atoms with Gasteiger partial charge in [-0.2, -0.15) is 0 Å². The third-order valence-corrected chi connectivity index (χ3v) is 3.42. The third kappa shape index (κ3) is 7.53. The predicted octanol–water partition coefficient (Wildman–Crippen LogP) is 3.06. The first-order valence-electron chi connectivity index (χ1n) is 7.33. The first-order chi connectivity index (χ1) is 8.77. The quantitative estimate of drug-likeness (QED) is 0.601. The van der Waals surface area contributed by atoms with Gasteiger partial charge < -0.3 is 15.2 Å². The lowest BCUT2D eigenvalue weighted by atomic mass is 9.90. The van der Waals surface area contributed by atoms with E-state index in [1.54, 1.807) is 0 Å². The van der Waals surface area contributed by atoms with Crippen LogP contribution in [0.15, 0.2) is 0 Å². The van der Waals surface area contributed by atoms with Crippen molar-refractivity contribution >= 4 is 5.97 Å². The zero-order valence-electron chi connectivity index (χ0n) is 13.2. The van der Waals surface area contributed by atoms with E-state index in [0.717, 1.165) is 19.4 Å². The van der Waals surface area contributed by atoms with Gasteiger partial charge in [0.2, 0.25) is 0 Å². The lowest BCUT2D eigenvalue weighted by Gasteiger charge is -2.29. The Bertz CT molecular complexity index is 261. The van der Waals surface area contributed by atoms with Gasteiger partial charge in [0.05, 0.1) is 0 Å². The van der Waals surface area contributed by atoms with Gasteiger partial charge >= 0.3 is 5.97 Å². The minimum absolute atomic E-state index is 0.290. The molecule has 1 atom stereocenters. The molecule has 0 aromatic rings. The highest BCUT2D eigenvalue weighted by molar-refractivity contribution is 5.78. The third-order valence-electron chi connectivity index (χ3n) is 3.42. The van der Waals surface area contributed by atoms with Gasteiger partial charge in [0.15, 0.2) is 0 Å². The molecule has 4 nitrogen and oxygen atoms in total. The molecular weight excluding hydrogens is 242 g/mol. The van der Waals surface area contributed by atoms with Crippen LogP contribution < -0.4 is 5.32 Å². The molecule has 2 N–H and O–H groups in total. The summed E-state index contributed by atoms with van der Waals surface area (Å²) in [6.45, 7) is 12.5. The van der Waals surface area contributed by atoms with E-state index in [4.69, 9.17) is 4.74 Å². The van der Waals surface area contributed by atoms with Gasteiger partial charge in [-0.1, -0.05) is 34.6 Å². The molecule has 114 valence electrons. The first-order valence-corrected chi connectivity index (χ1v) is 7.33. The Hall–Kier alpha value is -0.610. The monoisotopic (exact) mass is 273 g/mol. The van der Waals surface area contributed by atoms with Crippen molar-refractivity contribution in [3.05, 3.63) is 0 Å². The second-order valence-corrected chi connectivity index (χ2v) is 6.30. The number of carboxylic acid groups (broad SMARTS) is 1. The fourth-order valence-electron chi connectivity index (χ4n) is 2.02. The summed E-state index contributed by atoms with van der Waals surface area (Å²) in [6.07, 6.45) is 3.01. The molecule has 0 aromatic carbocycles. The Morgan fingerprint density at radius 3 is 2.21 bits per heavy atom. The van der Waals surface area contributed by atoms with E-state index in [0.29, 0.717) is 26.0 Å². The number of rotatable bonds is 10. The van der Waals surface area contributed by atoms with Crippen molar-refractivity contribution in [1.82, 2.24) is 5.32 Å². The molecule has 0 radical (unpaired) electrons. The standard InChI is InChI=1S/C15H31NO3/c1-6-15(13(17)18,16-7-2)9-8-11-19-12-10-14(3,4)5/h16H,6-12H2,1-5H3,(H,17,18).